The van der Waals surface area contributed by atoms with Crippen molar-refractivity contribution in [1.29, 1.82) is 0 Å². The van der Waals surface area contributed by atoms with E-state index >= 15 is 0 Å². The molecule has 22 heavy (non-hydrogen) atoms. The predicted octanol–water partition coefficient (Wildman–Crippen LogP) is 2.74. The number of carbonyl (C=O) groups is 1. The fourth-order valence-corrected chi connectivity index (χ4v) is 2.44. The van der Waals surface area contributed by atoms with Crippen molar-refractivity contribution in [2.75, 3.05) is 5.73 Å². The highest BCUT2D eigenvalue weighted by atomic mass is 79.9. The zero-order valence-electron chi connectivity index (χ0n) is 11.8. The molecule has 3 aromatic rings. The van der Waals surface area contributed by atoms with Gasteiger partial charge in [0.15, 0.2) is 0 Å². The van der Waals surface area contributed by atoms with Crippen LogP contribution in [-0.4, -0.2) is 20.3 Å². The van der Waals surface area contributed by atoms with Crippen molar-refractivity contribution in [2.24, 2.45) is 0 Å². The zero-order chi connectivity index (χ0) is 15.7. The smallest absolute Gasteiger partial charge is 0.340 e. The maximum atomic E-state index is 12.1. The number of nitrogens with two attached hydrogens (primary N) is 1. The van der Waals surface area contributed by atoms with Gasteiger partial charge < -0.3 is 14.9 Å². The number of hydrogen-bond acceptors (Lipinski definition) is 5. The Morgan fingerprint density at radius 1 is 1.50 bits per heavy atom. The summed E-state index contributed by atoms with van der Waals surface area (Å²) in [7, 11) is 0. The Balaban J connectivity index is 1.77. The second-order valence-corrected chi connectivity index (χ2v) is 5.64. The minimum absolute atomic E-state index is 0.0827. The maximum absolute atomic E-state index is 12.1. The van der Waals surface area contributed by atoms with E-state index in [1.807, 2.05) is 35.9 Å². The zero-order valence-corrected chi connectivity index (χ0v) is 13.4. The maximum Gasteiger partial charge on any atom is 0.340 e. The van der Waals surface area contributed by atoms with Gasteiger partial charge in [-0.3, -0.25) is 0 Å². The van der Waals surface area contributed by atoms with Gasteiger partial charge in [0.1, 0.15) is 16.9 Å². The number of anilines is 1. The first-order valence-corrected chi connectivity index (χ1v) is 7.35. The van der Waals surface area contributed by atoms with Crippen LogP contribution in [-0.2, 0) is 11.3 Å². The number of rotatable bonds is 3. The number of nitrogens with zero attached hydrogens (tertiary/aromatic N) is 3. The SMILES string of the molecule is Cc1cccn2cc(COC(=O)c3cc(Br)ncc3N)nc12. The molecule has 0 aromatic carbocycles. The van der Waals surface area contributed by atoms with E-state index in [0.29, 0.717) is 10.3 Å². The minimum atomic E-state index is -0.505. The molecule has 2 N–H and O–H groups in total. The molecule has 0 aliphatic rings. The van der Waals surface area contributed by atoms with E-state index in [4.69, 9.17) is 10.5 Å². The van der Waals surface area contributed by atoms with Gasteiger partial charge in [0, 0.05) is 12.4 Å². The summed E-state index contributed by atoms with van der Waals surface area (Å²) < 4.78 is 7.70. The third kappa shape index (κ3) is 2.80. The molecule has 3 heterocycles. The number of ether oxygens (including phenoxy) is 1. The number of aromatic nitrogens is 3. The summed E-state index contributed by atoms with van der Waals surface area (Å²) in [6.45, 7) is 2.06. The molecule has 6 nitrogen and oxygen atoms in total. The van der Waals surface area contributed by atoms with Crippen LogP contribution in [0.2, 0.25) is 0 Å². The van der Waals surface area contributed by atoms with Crippen LogP contribution in [0.4, 0.5) is 5.69 Å². The van der Waals surface area contributed by atoms with Gasteiger partial charge in [0.25, 0.3) is 0 Å². The minimum Gasteiger partial charge on any atom is -0.455 e. The van der Waals surface area contributed by atoms with Gasteiger partial charge in [-0.25, -0.2) is 14.8 Å². The van der Waals surface area contributed by atoms with E-state index in [9.17, 15) is 4.79 Å². The third-order valence-electron chi connectivity index (χ3n) is 3.20. The Hall–Kier alpha value is -2.41. The average molecular weight is 361 g/mol. The molecule has 0 aliphatic heterocycles. The molecule has 0 fully saturated rings. The van der Waals surface area contributed by atoms with Gasteiger partial charge in [-0.05, 0) is 40.5 Å². The van der Waals surface area contributed by atoms with Crippen molar-refractivity contribution in [3.63, 3.8) is 0 Å². The van der Waals surface area contributed by atoms with Gasteiger partial charge in [0.05, 0.1) is 23.1 Å². The topological polar surface area (TPSA) is 82.5 Å². The van der Waals surface area contributed by atoms with Crippen LogP contribution in [0.15, 0.2) is 41.4 Å². The normalized spacial score (nSPS) is 10.8. The highest BCUT2D eigenvalue weighted by molar-refractivity contribution is 9.10. The molecule has 7 heteroatoms. The second kappa shape index (κ2) is 5.76. The van der Waals surface area contributed by atoms with Crippen molar-refractivity contribution >= 4 is 33.2 Å². The lowest BCUT2D eigenvalue weighted by Gasteiger charge is -2.05. The third-order valence-corrected chi connectivity index (χ3v) is 3.63. The summed E-state index contributed by atoms with van der Waals surface area (Å²) in [4.78, 5) is 20.5. The van der Waals surface area contributed by atoms with Crippen molar-refractivity contribution in [1.82, 2.24) is 14.4 Å². The van der Waals surface area contributed by atoms with Gasteiger partial charge in [-0.2, -0.15) is 0 Å². The molecule has 0 spiro atoms. The van der Waals surface area contributed by atoms with Crippen molar-refractivity contribution in [3.8, 4) is 0 Å². The van der Waals surface area contributed by atoms with E-state index in [2.05, 4.69) is 25.9 Å². The summed E-state index contributed by atoms with van der Waals surface area (Å²) in [6.07, 6.45) is 5.15. The molecule has 0 bridgehead atoms. The molecule has 0 saturated heterocycles. The number of pyridine rings is 2. The Labute approximate surface area is 135 Å². The standard InChI is InChI=1S/C15H13BrN4O2/c1-9-3-2-4-20-7-10(19-14(9)20)8-22-15(21)11-5-13(16)18-6-12(11)17/h2-7H,8,17H2,1H3. The van der Waals surface area contributed by atoms with Crippen LogP contribution in [0, 0.1) is 6.92 Å². The number of imidazole rings is 1. The van der Waals surface area contributed by atoms with Crippen LogP contribution >= 0.6 is 15.9 Å². The van der Waals surface area contributed by atoms with Crippen LogP contribution in [0.5, 0.6) is 0 Å². The molecule has 0 amide bonds. The van der Waals surface area contributed by atoms with Crippen LogP contribution in [0.1, 0.15) is 21.6 Å². The number of fused-ring (bicyclic) bond motifs is 1. The second-order valence-electron chi connectivity index (χ2n) is 4.82. The van der Waals surface area contributed by atoms with Crippen LogP contribution in [0.3, 0.4) is 0 Å². The van der Waals surface area contributed by atoms with E-state index in [0.717, 1.165) is 11.2 Å². The van der Waals surface area contributed by atoms with Gasteiger partial charge in [-0.15, -0.1) is 0 Å². The summed E-state index contributed by atoms with van der Waals surface area (Å²) in [5.41, 5.74) is 8.87. The lowest BCUT2D eigenvalue weighted by molar-refractivity contribution is 0.0469. The summed E-state index contributed by atoms with van der Waals surface area (Å²) in [5.74, 6) is -0.505. The molecule has 112 valence electrons. The Morgan fingerprint density at radius 2 is 2.32 bits per heavy atom. The largest absolute Gasteiger partial charge is 0.455 e. The van der Waals surface area contributed by atoms with Crippen LogP contribution in [0.25, 0.3) is 5.65 Å². The summed E-state index contributed by atoms with van der Waals surface area (Å²) in [6, 6.07) is 5.45. The Kier molecular flexibility index (Phi) is 3.81. The van der Waals surface area contributed by atoms with Gasteiger partial charge in [-0.1, -0.05) is 6.07 Å². The molecule has 0 radical (unpaired) electrons. The lowest BCUT2D eigenvalue weighted by Crippen LogP contribution is -2.09. The van der Waals surface area contributed by atoms with E-state index in [-0.39, 0.29) is 17.9 Å². The van der Waals surface area contributed by atoms with Gasteiger partial charge in [0.2, 0.25) is 0 Å². The fourth-order valence-electron chi connectivity index (χ4n) is 2.11. The Bertz CT molecular complexity index is 860. The number of halogens is 1. The molecule has 3 aromatic heterocycles. The monoisotopic (exact) mass is 360 g/mol. The molecular formula is C15H13BrN4O2. The quantitative estimate of drug-likeness (QED) is 0.573. The molecular weight excluding hydrogens is 348 g/mol. The number of hydrogen-bond donors (Lipinski definition) is 1. The first-order valence-electron chi connectivity index (χ1n) is 6.56. The Morgan fingerprint density at radius 3 is 3.09 bits per heavy atom. The molecule has 0 aliphatic carbocycles. The highest BCUT2D eigenvalue weighted by Gasteiger charge is 2.13. The lowest BCUT2D eigenvalue weighted by atomic mass is 10.2. The van der Waals surface area contributed by atoms with Crippen molar-refractivity contribution < 1.29 is 9.53 Å². The predicted molar refractivity (Wildman–Crippen MR) is 85.4 cm³/mol. The molecule has 3 rings (SSSR count). The average Bonchev–Trinajstić information content (AvgIpc) is 2.92. The van der Waals surface area contributed by atoms with Crippen LogP contribution < -0.4 is 5.73 Å². The number of aryl methyl sites for hydroxylation is 1. The van der Waals surface area contributed by atoms with E-state index in [1.54, 1.807) is 0 Å². The number of esters is 1. The van der Waals surface area contributed by atoms with Crippen molar-refractivity contribution in [2.45, 2.75) is 13.5 Å². The highest BCUT2D eigenvalue weighted by Crippen LogP contribution is 2.17. The summed E-state index contributed by atoms with van der Waals surface area (Å²) in [5, 5.41) is 0. The van der Waals surface area contributed by atoms with Gasteiger partial charge >= 0.3 is 5.97 Å². The first kappa shape index (κ1) is 14.5. The van der Waals surface area contributed by atoms with E-state index in [1.165, 1.54) is 12.3 Å². The van der Waals surface area contributed by atoms with Crippen molar-refractivity contribution in [3.05, 3.63) is 58.2 Å². The van der Waals surface area contributed by atoms with E-state index < -0.39 is 5.97 Å². The number of nitrogen functional groups attached to an aromatic ring is 1. The molecule has 0 atom stereocenters. The molecule has 0 saturated carbocycles. The summed E-state index contributed by atoms with van der Waals surface area (Å²) >= 11 is 3.20. The molecule has 0 unspecified atom stereocenters. The first-order chi connectivity index (χ1) is 10.5. The fraction of sp³-hybridized carbons (Fsp3) is 0.133. The number of carbonyl (C=O) groups excluding carboxylic acids is 1.